The summed E-state index contributed by atoms with van der Waals surface area (Å²) in [7, 11) is 0. The molecule has 1 aromatic rings. The lowest BCUT2D eigenvalue weighted by atomic mass is 10.1. The molecule has 0 saturated carbocycles. The summed E-state index contributed by atoms with van der Waals surface area (Å²) in [6, 6.07) is 5.02. The average Bonchev–Trinajstić information content (AvgIpc) is 3.08. The third-order valence-electron chi connectivity index (χ3n) is 2.37. The van der Waals surface area contributed by atoms with Gasteiger partial charge in [-0.05, 0) is 31.2 Å². The normalized spacial score (nSPS) is 27.2. The van der Waals surface area contributed by atoms with Gasteiger partial charge in [-0.2, -0.15) is 0 Å². The molecule has 6 heteroatoms. The molecule has 2 heterocycles. The van der Waals surface area contributed by atoms with Gasteiger partial charge in [-0.1, -0.05) is 0 Å². The van der Waals surface area contributed by atoms with Crippen molar-refractivity contribution in [1.29, 1.82) is 0 Å². The van der Waals surface area contributed by atoms with Crippen molar-refractivity contribution in [2.45, 2.75) is 19.0 Å². The third-order valence-corrected chi connectivity index (χ3v) is 2.37. The summed E-state index contributed by atoms with van der Waals surface area (Å²) in [6.45, 7) is 1.93. The van der Waals surface area contributed by atoms with Crippen LogP contribution in [-0.2, 0) is 9.47 Å². The number of hydrogen-bond donors (Lipinski definition) is 2. The van der Waals surface area contributed by atoms with Crippen LogP contribution in [0.4, 0.5) is 0 Å². The van der Waals surface area contributed by atoms with Crippen LogP contribution in [0, 0.1) is 0 Å². The van der Waals surface area contributed by atoms with Gasteiger partial charge in [0, 0.05) is 0 Å². The molecule has 0 aromatic heterocycles. The third kappa shape index (κ3) is 2.61. The van der Waals surface area contributed by atoms with E-state index in [-0.39, 0.29) is 23.2 Å². The Balaban J connectivity index is 0.000000174. The highest BCUT2D eigenvalue weighted by atomic mass is 17.0. The molecule has 0 radical (unpaired) electrons. The second-order valence-corrected chi connectivity index (χ2v) is 3.77. The predicted octanol–water partition coefficient (Wildman–Crippen LogP) is 1.17. The highest BCUT2D eigenvalue weighted by Gasteiger charge is 2.73. The van der Waals surface area contributed by atoms with Crippen molar-refractivity contribution in [3.05, 3.63) is 35.4 Å². The van der Waals surface area contributed by atoms with Gasteiger partial charge in [-0.3, -0.25) is 0 Å². The summed E-state index contributed by atoms with van der Waals surface area (Å²) >= 11 is 0. The maximum atomic E-state index is 10.3. The number of hydrogen-bond acceptors (Lipinski definition) is 4. The van der Waals surface area contributed by atoms with Gasteiger partial charge >= 0.3 is 11.9 Å². The Kier molecular flexibility index (Phi) is 2.60. The largest absolute Gasteiger partial charge is 0.478 e. The first kappa shape index (κ1) is 11.6. The number of carbonyl (C=O) groups is 2. The van der Waals surface area contributed by atoms with Crippen LogP contribution in [0.3, 0.4) is 0 Å². The van der Waals surface area contributed by atoms with Gasteiger partial charge < -0.3 is 19.7 Å². The fraction of sp³-hybridized carbons (Fsp3) is 0.273. The van der Waals surface area contributed by atoms with Crippen LogP contribution >= 0.6 is 0 Å². The Morgan fingerprint density at radius 2 is 1.29 bits per heavy atom. The number of benzene rings is 1. The fourth-order valence-electron chi connectivity index (χ4n) is 1.12. The number of rotatable bonds is 2. The average molecular weight is 238 g/mol. The van der Waals surface area contributed by atoms with Crippen LogP contribution < -0.4 is 0 Å². The lowest BCUT2D eigenvalue weighted by molar-refractivity contribution is -0.0403. The second-order valence-electron chi connectivity index (χ2n) is 3.77. The topological polar surface area (TPSA) is 99.7 Å². The summed E-state index contributed by atoms with van der Waals surface area (Å²) in [6.07, 6.45) is 0.197. The second kappa shape index (κ2) is 3.83. The first-order valence-electron chi connectivity index (χ1n) is 4.85. The number of epoxide rings is 2. The van der Waals surface area contributed by atoms with Crippen molar-refractivity contribution < 1.29 is 29.3 Å². The van der Waals surface area contributed by atoms with Crippen molar-refractivity contribution in [1.82, 2.24) is 0 Å². The molecule has 2 fully saturated rings. The van der Waals surface area contributed by atoms with Gasteiger partial charge in [0.05, 0.1) is 11.1 Å². The number of carboxylic acid groups (broad SMARTS) is 2. The fourth-order valence-corrected chi connectivity index (χ4v) is 1.12. The smallest absolute Gasteiger partial charge is 0.335 e. The Labute approximate surface area is 96.4 Å². The molecule has 0 bridgehead atoms. The van der Waals surface area contributed by atoms with E-state index in [0.717, 1.165) is 0 Å². The van der Waals surface area contributed by atoms with Gasteiger partial charge in [-0.15, -0.1) is 0 Å². The highest BCUT2D eigenvalue weighted by molar-refractivity contribution is 5.91. The molecule has 6 nitrogen and oxygen atoms in total. The molecular formula is C11H10O6. The maximum Gasteiger partial charge on any atom is 0.335 e. The zero-order valence-corrected chi connectivity index (χ0v) is 8.91. The van der Waals surface area contributed by atoms with Crippen molar-refractivity contribution >= 4 is 11.9 Å². The quantitative estimate of drug-likeness (QED) is 0.750. The standard InChI is InChI=1S/C8H6O4.C3H4O2/c9-7(10)5-1-2-6(4-3-5)8(11)12;1-3-2(4-3)5-3/h1-4H,(H,9,10)(H,11,12);2H,1H3. The SMILES string of the molecule is CC12OC1O2.O=C(O)c1ccc(C(=O)O)cc1. The molecule has 2 aliphatic rings. The van der Waals surface area contributed by atoms with E-state index in [1.54, 1.807) is 0 Å². The molecule has 0 spiro atoms. The van der Waals surface area contributed by atoms with Crippen LogP contribution in [0.25, 0.3) is 0 Å². The molecule has 2 aliphatic heterocycles. The van der Waals surface area contributed by atoms with Crippen LogP contribution in [0.15, 0.2) is 24.3 Å². The van der Waals surface area contributed by atoms with Gasteiger partial charge in [0.1, 0.15) is 0 Å². The molecule has 17 heavy (non-hydrogen) atoms. The van der Waals surface area contributed by atoms with Gasteiger partial charge in [-0.25, -0.2) is 9.59 Å². The lowest BCUT2D eigenvalue weighted by Crippen LogP contribution is -1.99. The number of carboxylic acids is 2. The molecule has 0 aliphatic carbocycles. The van der Waals surface area contributed by atoms with Gasteiger partial charge in [0.2, 0.25) is 12.1 Å². The van der Waals surface area contributed by atoms with Crippen LogP contribution in [0.2, 0.25) is 0 Å². The monoisotopic (exact) mass is 238 g/mol. The molecule has 2 N–H and O–H groups in total. The van der Waals surface area contributed by atoms with E-state index in [1.165, 1.54) is 24.3 Å². The van der Waals surface area contributed by atoms with Gasteiger partial charge in [0.25, 0.3) is 0 Å². The van der Waals surface area contributed by atoms with Crippen molar-refractivity contribution in [3.63, 3.8) is 0 Å². The Bertz CT molecular complexity index is 424. The zero-order valence-electron chi connectivity index (χ0n) is 8.91. The zero-order chi connectivity index (χ0) is 12.6. The van der Waals surface area contributed by atoms with E-state index in [2.05, 4.69) is 0 Å². The Morgan fingerprint density at radius 1 is 1.06 bits per heavy atom. The van der Waals surface area contributed by atoms with E-state index in [4.69, 9.17) is 19.7 Å². The predicted molar refractivity (Wildman–Crippen MR) is 54.7 cm³/mol. The van der Waals surface area contributed by atoms with E-state index in [9.17, 15) is 9.59 Å². The molecule has 0 atom stereocenters. The molecule has 0 unspecified atom stereocenters. The van der Waals surface area contributed by atoms with Crippen molar-refractivity contribution in [2.24, 2.45) is 0 Å². The van der Waals surface area contributed by atoms with Crippen LogP contribution in [-0.4, -0.2) is 34.2 Å². The van der Waals surface area contributed by atoms with Crippen LogP contribution in [0.5, 0.6) is 0 Å². The summed E-state index contributed by atoms with van der Waals surface area (Å²) in [5.41, 5.74) is 0.167. The molecule has 0 amide bonds. The Morgan fingerprint density at radius 3 is 1.41 bits per heavy atom. The molecule has 1 aromatic carbocycles. The lowest BCUT2D eigenvalue weighted by Gasteiger charge is -1.94. The summed E-state index contributed by atoms with van der Waals surface area (Å²) in [5, 5.41) is 16.9. The first-order valence-corrected chi connectivity index (χ1v) is 4.85. The minimum Gasteiger partial charge on any atom is -0.478 e. The number of fused-ring (bicyclic) bond motifs is 1. The molecule has 3 rings (SSSR count). The van der Waals surface area contributed by atoms with E-state index in [1.807, 2.05) is 6.92 Å². The first-order chi connectivity index (χ1) is 7.92. The van der Waals surface area contributed by atoms with E-state index < -0.39 is 11.9 Å². The summed E-state index contributed by atoms with van der Waals surface area (Å²) < 4.78 is 9.54. The Hall–Kier alpha value is -1.92. The van der Waals surface area contributed by atoms with E-state index in [0.29, 0.717) is 0 Å². The molecular weight excluding hydrogens is 228 g/mol. The summed E-state index contributed by atoms with van der Waals surface area (Å²) in [4.78, 5) is 20.7. The maximum absolute atomic E-state index is 10.3. The highest BCUT2D eigenvalue weighted by Crippen LogP contribution is 2.55. The van der Waals surface area contributed by atoms with Crippen molar-refractivity contribution in [3.8, 4) is 0 Å². The van der Waals surface area contributed by atoms with Gasteiger partial charge in [0.15, 0.2) is 0 Å². The molecule has 90 valence electrons. The minimum absolute atomic E-state index is 0.0833. The number of aromatic carboxylic acids is 2. The molecule has 2 saturated heterocycles. The number of ether oxygens (including phenoxy) is 2. The minimum atomic E-state index is -1.06. The van der Waals surface area contributed by atoms with Crippen LogP contribution in [0.1, 0.15) is 27.6 Å². The summed E-state index contributed by atoms with van der Waals surface area (Å²) in [5.74, 6) is -2.21. The van der Waals surface area contributed by atoms with E-state index >= 15 is 0 Å². The van der Waals surface area contributed by atoms with Crippen molar-refractivity contribution in [2.75, 3.05) is 0 Å².